The molecule has 0 bridgehead atoms. The Bertz CT molecular complexity index is 1030. The summed E-state index contributed by atoms with van der Waals surface area (Å²) in [5.41, 5.74) is 3.57. The van der Waals surface area contributed by atoms with E-state index in [0.717, 1.165) is 31.6 Å². The largest absolute Gasteiger partial charge is 0.481 e. The van der Waals surface area contributed by atoms with Gasteiger partial charge in [-0.15, -0.1) is 0 Å². The summed E-state index contributed by atoms with van der Waals surface area (Å²) in [6, 6.07) is 8.11. The maximum Gasteiger partial charge on any atom is 0.303 e. The van der Waals surface area contributed by atoms with Gasteiger partial charge in [0.05, 0.1) is 9.13 Å². The summed E-state index contributed by atoms with van der Waals surface area (Å²) in [6.07, 6.45) is 2.35. The van der Waals surface area contributed by atoms with Gasteiger partial charge in [0, 0.05) is 31.3 Å². The summed E-state index contributed by atoms with van der Waals surface area (Å²) >= 11 is 2.27. The molecule has 0 amide bonds. The molecule has 3 aromatic rings. The quantitative estimate of drug-likeness (QED) is 0.470. The number of benzene rings is 1. The zero-order valence-corrected chi connectivity index (χ0v) is 19.0. The van der Waals surface area contributed by atoms with Gasteiger partial charge in [0.2, 0.25) is 5.82 Å². The molecule has 0 unspecified atom stereocenters. The molecule has 152 valence electrons. The number of carboxylic acids is 1. The van der Waals surface area contributed by atoms with Crippen molar-refractivity contribution in [1.82, 2.24) is 15.1 Å². The second kappa shape index (κ2) is 8.89. The monoisotopic (exact) mass is 506 g/mol. The molecule has 0 radical (unpaired) electrons. The van der Waals surface area contributed by atoms with Gasteiger partial charge in [0.15, 0.2) is 0 Å². The van der Waals surface area contributed by atoms with Crippen LogP contribution in [0.5, 0.6) is 0 Å². The fourth-order valence-electron chi connectivity index (χ4n) is 2.89. The highest BCUT2D eigenvalue weighted by Crippen LogP contribution is 2.28. The van der Waals surface area contributed by atoms with Crippen LogP contribution in [0.25, 0.3) is 22.8 Å². The standard InChI is InChI=1S/C21H23IN4O3/c1-12(2)26(4)20-17(22)10-15(11-23-20)21-24-19(25-29-21)16-7-5-14(9-13(16)3)6-8-18(27)28/h5,7,9-12H,6,8H2,1-4H3,(H,27,28). The normalized spacial score (nSPS) is 11.1. The van der Waals surface area contributed by atoms with E-state index in [1.54, 1.807) is 6.20 Å². The van der Waals surface area contributed by atoms with Crippen molar-refractivity contribution in [3.63, 3.8) is 0 Å². The number of aromatic nitrogens is 3. The van der Waals surface area contributed by atoms with E-state index in [4.69, 9.17) is 9.63 Å². The number of halogens is 1. The predicted molar refractivity (Wildman–Crippen MR) is 120 cm³/mol. The van der Waals surface area contributed by atoms with Crippen molar-refractivity contribution in [3.8, 4) is 22.8 Å². The number of aryl methyl sites for hydroxylation is 2. The molecule has 0 saturated heterocycles. The second-order valence-electron chi connectivity index (χ2n) is 7.20. The van der Waals surface area contributed by atoms with Crippen LogP contribution < -0.4 is 4.90 Å². The molecule has 0 aliphatic carbocycles. The highest BCUT2D eigenvalue weighted by Gasteiger charge is 2.16. The molecule has 8 heteroatoms. The number of pyridine rings is 1. The van der Waals surface area contributed by atoms with Crippen molar-refractivity contribution < 1.29 is 14.4 Å². The third-order valence-electron chi connectivity index (χ3n) is 4.76. The minimum absolute atomic E-state index is 0.110. The van der Waals surface area contributed by atoms with E-state index in [1.165, 1.54) is 0 Å². The number of aliphatic carboxylic acids is 1. The lowest BCUT2D eigenvalue weighted by molar-refractivity contribution is -0.136. The Morgan fingerprint density at radius 1 is 1.31 bits per heavy atom. The number of rotatable bonds is 7. The summed E-state index contributed by atoms with van der Waals surface area (Å²) in [6.45, 7) is 6.19. The highest BCUT2D eigenvalue weighted by molar-refractivity contribution is 14.1. The Kier molecular flexibility index (Phi) is 6.51. The molecule has 0 fully saturated rings. The molecule has 1 N–H and O–H groups in total. The molecule has 3 rings (SSSR count). The van der Waals surface area contributed by atoms with Gasteiger partial charge in [0.1, 0.15) is 5.82 Å². The average Bonchev–Trinajstić information content (AvgIpc) is 3.15. The van der Waals surface area contributed by atoms with Crippen LogP contribution in [-0.2, 0) is 11.2 Å². The second-order valence-corrected chi connectivity index (χ2v) is 8.36. The topological polar surface area (TPSA) is 92.3 Å². The molecule has 1 aromatic carbocycles. The molecule has 0 saturated carbocycles. The molecule has 2 aromatic heterocycles. The van der Waals surface area contributed by atoms with Crippen molar-refractivity contribution in [2.75, 3.05) is 11.9 Å². The van der Waals surface area contributed by atoms with Crippen molar-refractivity contribution in [3.05, 3.63) is 45.2 Å². The smallest absolute Gasteiger partial charge is 0.303 e. The molecular weight excluding hydrogens is 483 g/mol. The summed E-state index contributed by atoms with van der Waals surface area (Å²) < 4.78 is 6.49. The number of carboxylic acid groups (broad SMARTS) is 1. The number of hydrogen-bond acceptors (Lipinski definition) is 6. The summed E-state index contributed by atoms with van der Waals surface area (Å²) in [5, 5.41) is 13.0. The van der Waals surface area contributed by atoms with Crippen molar-refractivity contribution in [2.24, 2.45) is 0 Å². The zero-order chi connectivity index (χ0) is 21.1. The first-order valence-electron chi connectivity index (χ1n) is 9.30. The zero-order valence-electron chi connectivity index (χ0n) is 16.8. The Morgan fingerprint density at radius 2 is 2.07 bits per heavy atom. The first-order valence-corrected chi connectivity index (χ1v) is 10.4. The molecule has 0 aliphatic rings. The van der Waals surface area contributed by atoms with E-state index in [-0.39, 0.29) is 6.42 Å². The first kappa shape index (κ1) is 21.2. The lowest BCUT2D eigenvalue weighted by Gasteiger charge is -2.23. The Balaban J connectivity index is 1.84. The Hall–Kier alpha value is -2.49. The average molecular weight is 506 g/mol. The molecule has 0 aliphatic heterocycles. The number of carbonyl (C=O) groups is 1. The van der Waals surface area contributed by atoms with Crippen LogP contribution in [0.4, 0.5) is 5.82 Å². The van der Waals surface area contributed by atoms with Gasteiger partial charge < -0.3 is 14.5 Å². The van der Waals surface area contributed by atoms with Crippen molar-refractivity contribution >= 4 is 34.4 Å². The molecule has 0 atom stereocenters. The number of anilines is 1. The van der Waals surface area contributed by atoms with E-state index < -0.39 is 5.97 Å². The molecule has 0 spiro atoms. The van der Waals surface area contributed by atoms with Crippen LogP contribution in [0.2, 0.25) is 0 Å². The minimum Gasteiger partial charge on any atom is -0.481 e. The van der Waals surface area contributed by atoms with Gasteiger partial charge in [-0.05, 0) is 67.0 Å². The van der Waals surface area contributed by atoms with E-state index in [2.05, 4.69) is 56.5 Å². The summed E-state index contributed by atoms with van der Waals surface area (Å²) in [5.74, 6) is 1.03. The maximum atomic E-state index is 10.8. The predicted octanol–water partition coefficient (Wildman–Crippen LogP) is 4.57. The van der Waals surface area contributed by atoms with Crippen molar-refractivity contribution in [1.29, 1.82) is 0 Å². The molecule has 29 heavy (non-hydrogen) atoms. The van der Waals surface area contributed by atoms with E-state index in [9.17, 15) is 4.79 Å². The fourth-order valence-corrected chi connectivity index (χ4v) is 3.74. The summed E-state index contributed by atoms with van der Waals surface area (Å²) in [4.78, 5) is 22.0. The van der Waals surface area contributed by atoms with Crippen LogP contribution >= 0.6 is 22.6 Å². The lowest BCUT2D eigenvalue weighted by Crippen LogP contribution is -2.27. The first-order chi connectivity index (χ1) is 13.8. The Labute approximate surface area is 183 Å². The number of nitrogens with zero attached hydrogens (tertiary/aromatic N) is 4. The molecular formula is C21H23IN4O3. The van der Waals surface area contributed by atoms with Crippen molar-refractivity contribution in [2.45, 2.75) is 39.7 Å². The minimum atomic E-state index is -0.802. The van der Waals surface area contributed by atoms with Crippen LogP contribution in [0.1, 0.15) is 31.4 Å². The van der Waals surface area contributed by atoms with Gasteiger partial charge >= 0.3 is 5.97 Å². The Morgan fingerprint density at radius 3 is 2.69 bits per heavy atom. The van der Waals surface area contributed by atoms with E-state index >= 15 is 0 Å². The van der Waals surface area contributed by atoms with E-state index in [1.807, 2.05) is 38.2 Å². The van der Waals surface area contributed by atoms with Crippen LogP contribution in [0.15, 0.2) is 35.0 Å². The van der Waals surface area contributed by atoms with Crippen LogP contribution in [-0.4, -0.2) is 39.3 Å². The van der Waals surface area contributed by atoms with Gasteiger partial charge in [-0.25, -0.2) is 4.98 Å². The molecule has 7 nitrogen and oxygen atoms in total. The SMILES string of the molecule is Cc1cc(CCC(=O)O)ccc1-c1noc(-c2cnc(N(C)C(C)C)c(I)c2)n1. The third-order valence-corrected chi connectivity index (χ3v) is 5.56. The van der Waals surface area contributed by atoms with Gasteiger partial charge in [-0.3, -0.25) is 4.79 Å². The maximum absolute atomic E-state index is 10.8. The van der Waals surface area contributed by atoms with Gasteiger partial charge in [0.25, 0.3) is 5.89 Å². The van der Waals surface area contributed by atoms with Gasteiger partial charge in [-0.1, -0.05) is 23.4 Å². The van der Waals surface area contributed by atoms with Gasteiger partial charge in [-0.2, -0.15) is 4.98 Å². The van der Waals surface area contributed by atoms with Crippen LogP contribution in [0.3, 0.4) is 0 Å². The molecule has 2 heterocycles. The van der Waals surface area contributed by atoms with E-state index in [0.29, 0.717) is 24.2 Å². The number of hydrogen-bond donors (Lipinski definition) is 1. The fraction of sp³-hybridized carbons (Fsp3) is 0.333. The van der Waals surface area contributed by atoms with Crippen LogP contribution in [0, 0.1) is 10.5 Å². The third kappa shape index (κ3) is 4.92. The lowest BCUT2D eigenvalue weighted by atomic mass is 10.0. The highest BCUT2D eigenvalue weighted by atomic mass is 127. The summed E-state index contributed by atoms with van der Waals surface area (Å²) in [7, 11) is 2.02.